The van der Waals surface area contributed by atoms with Crippen LogP contribution in [0.2, 0.25) is 0 Å². The summed E-state index contributed by atoms with van der Waals surface area (Å²) in [6.45, 7) is 8.94. The smallest absolute Gasteiger partial charge is 0.232 e. The molecule has 0 aliphatic rings. The van der Waals surface area contributed by atoms with Crippen LogP contribution in [0.4, 0.5) is 0 Å². The van der Waals surface area contributed by atoms with Crippen molar-refractivity contribution < 1.29 is 4.79 Å². The molecule has 2 unspecified atom stereocenters. The van der Waals surface area contributed by atoms with Crippen molar-refractivity contribution in [2.75, 3.05) is 19.6 Å². The Hall–Kier alpha value is -1.30. The minimum Gasteiger partial charge on any atom is -0.353 e. The first-order chi connectivity index (χ1) is 12.2. The molecule has 5 heteroatoms. The first-order valence-corrected chi connectivity index (χ1v) is 10.8. The second-order valence-electron chi connectivity index (χ2n) is 5.98. The molecule has 1 aromatic carbocycles. The molecule has 0 spiro atoms. The van der Waals surface area contributed by atoms with E-state index in [1.165, 1.54) is 11.1 Å². The van der Waals surface area contributed by atoms with E-state index in [2.05, 4.69) is 53.0 Å². The Kier molecular flexibility index (Phi) is 8.52. The molecule has 0 aliphatic carbocycles. The largest absolute Gasteiger partial charge is 0.353 e. The van der Waals surface area contributed by atoms with Gasteiger partial charge in [0, 0.05) is 12.3 Å². The molecule has 0 saturated heterocycles. The summed E-state index contributed by atoms with van der Waals surface area (Å²) in [5.41, 5.74) is 2.55. The molecule has 136 valence electrons. The fourth-order valence-electron chi connectivity index (χ4n) is 2.80. The Labute approximate surface area is 159 Å². The number of nitrogens with one attached hydrogen (secondary N) is 1. The van der Waals surface area contributed by atoms with Crippen LogP contribution >= 0.6 is 23.1 Å². The van der Waals surface area contributed by atoms with E-state index in [-0.39, 0.29) is 17.2 Å². The third-order valence-electron chi connectivity index (χ3n) is 4.36. The lowest BCUT2D eigenvalue weighted by Crippen LogP contribution is -2.40. The third-order valence-corrected chi connectivity index (χ3v) is 6.28. The zero-order valence-corrected chi connectivity index (χ0v) is 16.9. The second kappa shape index (κ2) is 10.6. The number of thiophene rings is 1. The van der Waals surface area contributed by atoms with Crippen molar-refractivity contribution >= 4 is 29.0 Å². The average molecular weight is 377 g/mol. The zero-order chi connectivity index (χ0) is 18.1. The number of thioether (sulfide) groups is 1. The molecule has 2 atom stereocenters. The van der Waals surface area contributed by atoms with Crippen molar-refractivity contribution in [2.24, 2.45) is 0 Å². The van der Waals surface area contributed by atoms with Crippen molar-refractivity contribution in [1.82, 2.24) is 10.2 Å². The Bertz CT molecular complexity index is 612. The highest BCUT2D eigenvalue weighted by atomic mass is 32.2. The molecule has 2 rings (SSSR count). The van der Waals surface area contributed by atoms with Gasteiger partial charge in [-0.15, -0.1) is 11.8 Å². The number of nitrogens with zero attached hydrogens (tertiary/aromatic N) is 1. The lowest BCUT2D eigenvalue weighted by molar-refractivity contribution is -0.120. The van der Waals surface area contributed by atoms with E-state index < -0.39 is 0 Å². The van der Waals surface area contributed by atoms with Crippen LogP contribution in [0.5, 0.6) is 0 Å². The van der Waals surface area contributed by atoms with Crippen molar-refractivity contribution in [3.05, 3.63) is 58.3 Å². The summed E-state index contributed by atoms with van der Waals surface area (Å²) < 4.78 is 0. The molecular formula is C20H28N2OS2. The van der Waals surface area contributed by atoms with Gasteiger partial charge >= 0.3 is 0 Å². The van der Waals surface area contributed by atoms with Crippen LogP contribution in [0.1, 0.15) is 37.9 Å². The maximum Gasteiger partial charge on any atom is 0.232 e. The van der Waals surface area contributed by atoms with E-state index >= 15 is 0 Å². The lowest BCUT2D eigenvalue weighted by atomic mass is 10.1. The van der Waals surface area contributed by atoms with E-state index in [0.717, 1.165) is 18.8 Å². The van der Waals surface area contributed by atoms with Gasteiger partial charge in [-0.1, -0.05) is 44.2 Å². The number of amides is 1. The fourth-order valence-corrected chi connectivity index (χ4v) is 4.38. The van der Waals surface area contributed by atoms with Crippen molar-refractivity contribution in [2.45, 2.75) is 37.8 Å². The Morgan fingerprint density at radius 1 is 1.20 bits per heavy atom. The van der Waals surface area contributed by atoms with Gasteiger partial charge in [0.15, 0.2) is 0 Å². The van der Waals surface area contributed by atoms with E-state index in [1.807, 2.05) is 25.1 Å². The SMILES string of the molecule is CCN(CC)C(CNC(=O)C(C)SCc1ccccc1)c1ccsc1. The molecule has 1 aromatic heterocycles. The number of carbonyl (C=O) groups is 1. The second-order valence-corrected chi connectivity index (χ2v) is 8.09. The minimum absolute atomic E-state index is 0.0555. The Morgan fingerprint density at radius 2 is 1.92 bits per heavy atom. The zero-order valence-electron chi connectivity index (χ0n) is 15.3. The maximum atomic E-state index is 12.5. The van der Waals surface area contributed by atoms with Gasteiger partial charge in [-0.05, 0) is 48.0 Å². The molecule has 3 nitrogen and oxygen atoms in total. The maximum absolute atomic E-state index is 12.5. The number of benzene rings is 1. The summed E-state index contributed by atoms with van der Waals surface area (Å²) in [7, 11) is 0. The Balaban J connectivity index is 1.87. The number of carbonyl (C=O) groups excluding carboxylic acids is 1. The quantitative estimate of drug-likeness (QED) is 0.659. The van der Waals surface area contributed by atoms with Crippen molar-refractivity contribution in [1.29, 1.82) is 0 Å². The molecule has 1 N–H and O–H groups in total. The predicted octanol–water partition coefficient (Wildman–Crippen LogP) is 4.57. The van der Waals surface area contributed by atoms with Crippen LogP contribution in [0.3, 0.4) is 0 Å². The minimum atomic E-state index is -0.0555. The average Bonchev–Trinajstić information content (AvgIpc) is 3.18. The summed E-state index contributed by atoms with van der Waals surface area (Å²) in [4.78, 5) is 14.9. The monoisotopic (exact) mass is 376 g/mol. The summed E-state index contributed by atoms with van der Waals surface area (Å²) in [6, 6.07) is 12.7. The molecule has 1 amide bonds. The normalized spacial score (nSPS) is 13.6. The first-order valence-electron chi connectivity index (χ1n) is 8.85. The molecule has 0 bridgehead atoms. The Morgan fingerprint density at radius 3 is 2.52 bits per heavy atom. The fraction of sp³-hybridized carbons (Fsp3) is 0.450. The van der Waals surface area contributed by atoms with Gasteiger partial charge < -0.3 is 5.32 Å². The summed E-state index contributed by atoms with van der Waals surface area (Å²) in [5.74, 6) is 0.979. The summed E-state index contributed by atoms with van der Waals surface area (Å²) in [5, 5.41) is 7.39. The third kappa shape index (κ3) is 6.17. The number of hydrogen-bond acceptors (Lipinski definition) is 4. The van der Waals surface area contributed by atoms with Crippen LogP contribution in [0.15, 0.2) is 47.2 Å². The van der Waals surface area contributed by atoms with Gasteiger partial charge in [0.1, 0.15) is 0 Å². The van der Waals surface area contributed by atoms with Crippen LogP contribution in [-0.2, 0) is 10.5 Å². The molecule has 25 heavy (non-hydrogen) atoms. The highest BCUT2D eigenvalue weighted by molar-refractivity contribution is 7.99. The van der Waals surface area contributed by atoms with Crippen LogP contribution < -0.4 is 5.32 Å². The van der Waals surface area contributed by atoms with Crippen LogP contribution in [0.25, 0.3) is 0 Å². The van der Waals surface area contributed by atoms with E-state index in [1.54, 1.807) is 23.1 Å². The molecule has 0 fully saturated rings. The number of rotatable bonds is 10. The topological polar surface area (TPSA) is 32.3 Å². The molecule has 0 saturated carbocycles. The lowest BCUT2D eigenvalue weighted by Gasteiger charge is -2.29. The van der Waals surface area contributed by atoms with Gasteiger partial charge in [-0.25, -0.2) is 0 Å². The van der Waals surface area contributed by atoms with E-state index in [9.17, 15) is 4.79 Å². The van der Waals surface area contributed by atoms with Gasteiger partial charge in [-0.3, -0.25) is 9.69 Å². The molecule has 1 heterocycles. The van der Waals surface area contributed by atoms with Crippen molar-refractivity contribution in [3.63, 3.8) is 0 Å². The summed E-state index contributed by atoms with van der Waals surface area (Å²) in [6.07, 6.45) is 0. The van der Waals surface area contributed by atoms with Gasteiger partial charge in [0.05, 0.1) is 11.3 Å². The van der Waals surface area contributed by atoms with Gasteiger partial charge in [0.2, 0.25) is 5.91 Å². The molecule has 0 radical (unpaired) electrons. The standard InChI is InChI=1S/C20H28N2OS2/c1-4-22(5-2)19(18-11-12-24-15-18)13-21-20(23)16(3)25-14-17-9-7-6-8-10-17/h6-12,15-16,19H,4-5,13-14H2,1-3H3,(H,21,23). The number of hydrogen-bond donors (Lipinski definition) is 1. The summed E-state index contributed by atoms with van der Waals surface area (Å²) >= 11 is 3.39. The van der Waals surface area contributed by atoms with E-state index in [0.29, 0.717) is 6.54 Å². The highest BCUT2D eigenvalue weighted by Gasteiger charge is 2.21. The van der Waals surface area contributed by atoms with Crippen LogP contribution in [0, 0.1) is 0 Å². The highest BCUT2D eigenvalue weighted by Crippen LogP contribution is 2.23. The van der Waals surface area contributed by atoms with Crippen molar-refractivity contribution in [3.8, 4) is 0 Å². The number of likely N-dealkylation sites (N-methyl/N-ethyl adjacent to an activating group) is 1. The van der Waals surface area contributed by atoms with E-state index in [4.69, 9.17) is 0 Å². The van der Waals surface area contributed by atoms with Gasteiger partial charge in [0.25, 0.3) is 0 Å². The molecular weight excluding hydrogens is 348 g/mol. The molecule has 2 aromatic rings. The predicted molar refractivity (Wildman–Crippen MR) is 110 cm³/mol. The first kappa shape index (κ1) is 20.0. The van der Waals surface area contributed by atoms with Gasteiger partial charge in [-0.2, -0.15) is 11.3 Å². The molecule has 0 aliphatic heterocycles. The van der Waals surface area contributed by atoms with Crippen LogP contribution in [-0.4, -0.2) is 35.7 Å².